The number of carbonyl (C=O) groups is 1. The average molecular weight is 207 g/mol. The van der Waals surface area contributed by atoms with Crippen molar-refractivity contribution < 1.29 is 4.79 Å². The third-order valence-electron chi connectivity index (χ3n) is 1.89. The molecule has 0 aliphatic carbocycles. The van der Waals surface area contributed by atoms with Gasteiger partial charge in [-0.1, -0.05) is 30.0 Å². The summed E-state index contributed by atoms with van der Waals surface area (Å²) >= 11 is 1.35. The molecule has 0 unspecified atom stereocenters. The maximum atomic E-state index is 11.5. The van der Waals surface area contributed by atoms with Gasteiger partial charge in [-0.25, -0.2) is 0 Å². The van der Waals surface area contributed by atoms with Crippen LogP contribution in [0.1, 0.15) is 0 Å². The molecule has 1 aromatic carbocycles. The van der Waals surface area contributed by atoms with Crippen molar-refractivity contribution in [2.45, 2.75) is 0 Å². The fourth-order valence-electron chi connectivity index (χ4n) is 1.29. The van der Waals surface area contributed by atoms with Gasteiger partial charge in [-0.3, -0.25) is 9.69 Å². The van der Waals surface area contributed by atoms with Crippen molar-refractivity contribution >= 4 is 28.5 Å². The van der Waals surface area contributed by atoms with Crippen LogP contribution in [0, 0.1) is 0 Å². The Bertz CT molecular complexity index is 377. The summed E-state index contributed by atoms with van der Waals surface area (Å²) in [6, 6.07) is 9.36. The van der Waals surface area contributed by atoms with Gasteiger partial charge in [0.2, 0.25) is 5.91 Å². The number of hydrogen-bond donors (Lipinski definition) is 1. The van der Waals surface area contributed by atoms with Gasteiger partial charge in [0.1, 0.15) is 0 Å². The Balaban J connectivity index is 2.38. The number of amidine groups is 1. The molecule has 2 N–H and O–H groups in total. The van der Waals surface area contributed by atoms with Gasteiger partial charge >= 0.3 is 0 Å². The van der Waals surface area contributed by atoms with Crippen molar-refractivity contribution in [3.05, 3.63) is 30.3 Å². The first-order valence-corrected chi connectivity index (χ1v) is 5.10. The SMILES string of the molecule is N/N=C1\SCC(=O)N1c1ccccc1. The van der Waals surface area contributed by atoms with E-state index in [0.29, 0.717) is 10.9 Å². The Kier molecular flexibility index (Phi) is 2.41. The van der Waals surface area contributed by atoms with Crippen molar-refractivity contribution in [1.82, 2.24) is 0 Å². The molecule has 1 aliphatic heterocycles. The molecule has 0 bridgehead atoms. The van der Waals surface area contributed by atoms with Crippen molar-refractivity contribution in [1.29, 1.82) is 0 Å². The maximum Gasteiger partial charge on any atom is 0.243 e. The number of nitrogens with zero attached hydrogens (tertiary/aromatic N) is 2. The minimum Gasteiger partial charge on any atom is -0.321 e. The number of para-hydroxylation sites is 1. The molecular weight excluding hydrogens is 198 g/mol. The van der Waals surface area contributed by atoms with Gasteiger partial charge in [0.15, 0.2) is 5.17 Å². The predicted molar refractivity (Wildman–Crippen MR) is 58.0 cm³/mol. The van der Waals surface area contributed by atoms with E-state index in [2.05, 4.69) is 5.10 Å². The molecule has 1 saturated heterocycles. The van der Waals surface area contributed by atoms with Crippen LogP contribution in [0.2, 0.25) is 0 Å². The zero-order valence-electron chi connectivity index (χ0n) is 7.38. The molecule has 0 radical (unpaired) electrons. The number of thioether (sulfide) groups is 1. The van der Waals surface area contributed by atoms with E-state index in [1.165, 1.54) is 16.7 Å². The molecule has 72 valence electrons. The summed E-state index contributed by atoms with van der Waals surface area (Å²) in [4.78, 5) is 13.0. The van der Waals surface area contributed by atoms with Crippen LogP contribution in [0.25, 0.3) is 0 Å². The van der Waals surface area contributed by atoms with Crippen LogP contribution in [-0.2, 0) is 4.79 Å². The van der Waals surface area contributed by atoms with E-state index in [4.69, 9.17) is 5.84 Å². The summed E-state index contributed by atoms with van der Waals surface area (Å²) in [5, 5.41) is 4.14. The van der Waals surface area contributed by atoms with E-state index in [0.717, 1.165) is 5.69 Å². The predicted octanol–water partition coefficient (Wildman–Crippen LogP) is 0.996. The second-order valence-electron chi connectivity index (χ2n) is 2.77. The molecule has 1 aliphatic rings. The van der Waals surface area contributed by atoms with E-state index in [1.54, 1.807) is 0 Å². The van der Waals surface area contributed by atoms with Crippen LogP contribution in [0.15, 0.2) is 35.4 Å². The minimum atomic E-state index is 0.0189. The fourth-order valence-corrected chi connectivity index (χ4v) is 2.08. The summed E-state index contributed by atoms with van der Waals surface area (Å²) < 4.78 is 0. The van der Waals surface area contributed by atoms with Crippen molar-refractivity contribution in [2.75, 3.05) is 10.7 Å². The number of anilines is 1. The average Bonchev–Trinajstić information content (AvgIpc) is 2.61. The molecule has 4 nitrogen and oxygen atoms in total. The molecule has 0 spiro atoms. The van der Waals surface area contributed by atoms with E-state index in [-0.39, 0.29) is 5.91 Å². The van der Waals surface area contributed by atoms with Crippen LogP contribution < -0.4 is 10.7 Å². The fraction of sp³-hybridized carbons (Fsp3) is 0.111. The van der Waals surface area contributed by atoms with Crippen LogP contribution in [-0.4, -0.2) is 16.8 Å². The topological polar surface area (TPSA) is 58.7 Å². The quantitative estimate of drug-likeness (QED) is 0.552. The smallest absolute Gasteiger partial charge is 0.243 e. The van der Waals surface area contributed by atoms with Crippen LogP contribution in [0.4, 0.5) is 5.69 Å². The Morgan fingerprint density at radius 3 is 2.71 bits per heavy atom. The molecular formula is C9H9N3OS. The standard InChI is InChI=1S/C9H9N3OS/c10-11-9-12(8(13)6-14-9)7-4-2-1-3-5-7/h1-5H,6,10H2/b11-9-. The van der Waals surface area contributed by atoms with Gasteiger partial charge in [0, 0.05) is 0 Å². The normalized spacial score (nSPS) is 19.3. The number of carbonyl (C=O) groups excluding carboxylic acids is 1. The largest absolute Gasteiger partial charge is 0.321 e. The Morgan fingerprint density at radius 2 is 2.07 bits per heavy atom. The zero-order chi connectivity index (χ0) is 9.97. The molecule has 1 aromatic rings. The highest BCUT2D eigenvalue weighted by atomic mass is 32.2. The first-order chi connectivity index (χ1) is 6.83. The zero-order valence-corrected chi connectivity index (χ0v) is 8.20. The van der Waals surface area contributed by atoms with E-state index < -0.39 is 0 Å². The van der Waals surface area contributed by atoms with Crippen molar-refractivity contribution in [3.8, 4) is 0 Å². The highest BCUT2D eigenvalue weighted by molar-refractivity contribution is 8.15. The third-order valence-corrected chi connectivity index (χ3v) is 2.83. The number of nitrogens with two attached hydrogens (primary N) is 1. The second kappa shape index (κ2) is 3.71. The minimum absolute atomic E-state index is 0.0189. The Hall–Kier alpha value is -1.49. The lowest BCUT2D eigenvalue weighted by atomic mass is 10.3. The van der Waals surface area contributed by atoms with E-state index in [9.17, 15) is 4.79 Å². The van der Waals surface area contributed by atoms with Gasteiger partial charge in [0.05, 0.1) is 11.4 Å². The van der Waals surface area contributed by atoms with Gasteiger partial charge in [0.25, 0.3) is 0 Å². The third kappa shape index (κ3) is 1.46. The van der Waals surface area contributed by atoms with Crippen LogP contribution >= 0.6 is 11.8 Å². The second-order valence-corrected chi connectivity index (χ2v) is 3.71. The number of benzene rings is 1. The molecule has 2 rings (SSSR count). The highest BCUT2D eigenvalue weighted by Crippen LogP contribution is 2.25. The molecule has 0 saturated carbocycles. The van der Waals surface area contributed by atoms with E-state index >= 15 is 0 Å². The molecule has 14 heavy (non-hydrogen) atoms. The summed E-state index contributed by atoms with van der Waals surface area (Å²) in [5.74, 6) is 5.62. The number of hydrogen-bond acceptors (Lipinski definition) is 4. The Morgan fingerprint density at radius 1 is 1.36 bits per heavy atom. The van der Waals surface area contributed by atoms with Crippen LogP contribution in [0.5, 0.6) is 0 Å². The van der Waals surface area contributed by atoms with Gasteiger partial charge in [-0.05, 0) is 12.1 Å². The number of rotatable bonds is 1. The maximum absolute atomic E-state index is 11.5. The summed E-state index contributed by atoms with van der Waals surface area (Å²) in [6.45, 7) is 0. The highest BCUT2D eigenvalue weighted by Gasteiger charge is 2.29. The summed E-state index contributed by atoms with van der Waals surface area (Å²) in [7, 11) is 0. The first-order valence-electron chi connectivity index (χ1n) is 4.11. The first kappa shape index (κ1) is 9.08. The lowest BCUT2D eigenvalue weighted by Gasteiger charge is -2.14. The van der Waals surface area contributed by atoms with Gasteiger partial charge < -0.3 is 5.84 Å². The Labute approximate surface area is 85.8 Å². The van der Waals surface area contributed by atoms with Crippen LogP contribution in [0.3, 0.4) is 0 Å². The molecule has 1 heterocycles. The molecule has 5 heteroatoms. The summed E-state index contributed by atoms with van der Waals surface area (Å²) in [6.07, 6.45) is 0. The van der Waals surface area contributed by atoms with Crippen molar-refractivity contribution in [3.63, 3.8) is 0 Å². The number of amides is 1. The molecule has 0 aromatic heterocycles. The molecule has 0 atom stereocenters. The van der Waals surface area contributed by atoms with Gasteiger partial charge in [-0.2, -0.15) is 5.10 Å². The molecule has 1 fully saturated rings. The lowest BCUT2D eigenvalue weighted by Crippen LogP contribution is -2.29. The number of hydrazone groups is 1. The van der Waals surface area contributed by atoms with Crippen molar-refractivity contribution in [2.24, 2.45) is 10.9 Å². The molecule has 1 amide bonds. The van der Waals surface area contributed by atoms with E-state index in [1.807, 2.05) is 30.3 Å². The monoisotopic (exact) mass is 207 g/mol. The lowest BCUT2D eigenvalue weighted by molar-refractivity contribution is -0.115. The summed E-state index contributed by atoms with van der Waals surface area (Å²) in [5.41, 5.74) is 0.812. The van der Waals surface area contributed by atoms with Gasteiger partial charge in [-0.15, -0.1) is 0 Å².